The summed E-state index contributed by atoms with van der Waals surface area (Å²) < 4.78 is 0. The van der Waals surface area contributed by atoms with Crippen molar-refractivity contribution >= 4 is 23.4 Å². The van der Waals surface area contributed by atoms with Crippen molar-refractivity contribution in [3.8, 4) is 0 Å². The van der Waals surface area contributed by atoms with Crippen molar-refractivity contribution in [2.45, 2.75) is 38.7 Å². The highest BCUT2D eigenvalue weighted by Gasteiger charge is 2.23. The molecule has 7 nitrogen and oxygen atoms in total. The van der Waals surface area contributed by atoms with Crippen LogP contribution in [0.15, 0.2) is 72.8 Å². The number of carbonyl (C=O) groups is 2. The lowest BCUT2D eigenvalue weighted by Crippen LogP contribution is -2.37. The van der Waals surface area contributed by atoms with Crippen LogP contribution >= 0.6 is 0 Å². The molecule has 1 unspecified atom stereocenters. The van der Waals surface area contributed by atoms with Gasteiger partial charge in [-0.1, -0.05) is 61.5 Å². The van der Waals surface area contributed by atoms with Crippen LogP contribution in [0.5, 0.6) is 0 Å². The fourth-order valence-electron chi connectivity index (χ4n) is 5.13. The second kappa shape index (κ2) is 12.5. The predicted molar refractivity (Wildman–Crippen MR) is 146 cm³/mol. The van der Waals surface area contributed by atoms with Gasteiger partial charge in [-0.05, 0) is 74.0 Å². The Labute approximate surface area is 218 Å². The average molecular weight is 502 g/mol. The SMILES string of the molecule is CCc1c(NC(=O)Nc2ccccc2C(O)CN2CCC(Cc3ccccc3)CC2)cccc1C(=O)O. The molecular weight excluding hydrogens is 466 g/mol. The third-order valence-electron chi connectivity index (χ3n) is 7.08. The molecule has 1 fully saturated rings. The van der Waals surface area contributed by atoms with E-state index in [0.29, 0.717) is 41.4 Å². The van der Waals surface area contributed by atoms with Gasteiger partial charge in [0.1, 0.15) is 0 Å². The number of piperidine rings is 1. The van der Waals surface area contributed by atoms with E-state index in [1.54, 1.807) is 18.2 Å². The fraction of sp³-hybridized carbons (Fsp3) is 0.333. The van der Waals surface area contributed by atoms with Crippen molar-refractivity contribution in [1.82, 2.24) is 4.90 Å². The molecule has 1 atom stereocenters. The van der Waals surface area contributed by atoms with E-state index in [4.69, 9.17) is 0 Å². The van der Waals surface area contributed by atoms with Gasteiger partial charge in [0.15, 0.2) is 0 Å². The topological polar surface area (TPSA) is 102 Å². The molecular formula is C30H35N3O4. The van der Waals surface area contributed by atoms with Crippen molar-refractivity contribution < 1.29 is 19.8 Å². The summed E-state index contributed by atoms with van der Waals surface area (Å²) in [7, 11) is 0. The molecule has 4 N–H and O–H groups in total. The predicted octanol–water partition coefficient (Wildman–Crippen LogP) is 5.58. The summed E-state index contributed by atoms with van der Waals surface area (Å²) in [5.74, 6) is -0.375. The number of amides is 2. The Morgan fingerprint density at radius 3 is 2.27 bits per heavy atom. The molecule has 4 rings (SSSR count). The molecule has 7 heteroatoms. The normalized spacial score (nSPS) is 15.2. The van der Waals surface area contributed by atoms with Crippen LogP contribution in [0.3, 0.4) is 0 Å². The molecule has 0 radical (unpaired) electrons. The quantitative estimate of drug-likeness (QED) is 0.307. The van der Waals surface area contributed by atoms with Crippen LogP contribution in [-0.4, -0.2) is 46.7 Å². The number of aliphatic hydroxyl groups excluding tert-OH is 1. The highest BCUT2D eigenvalue weighted by molar-refractivity contribution is 6.02. The van der Waals surface area contributed by atoms with Gasteiger partial charge in [0, 0.05) is 23.5 Å². The zero-order chi connectivity index (χ0) is 26.2. The number of carboxylic acids is 1. The molecule has 0 saturated carbocycles. The zero-order valence-electron chi connectivity index (χ0n) is 21.2. The number of benzene rings is 3. The van der Waals surface area contributed by atoms with Gasteiger partial charge >= 0.3 is 12.0 Å². The number of likely N-dealkylation sites (tertiary alicyclic amines) is 1. The van der Waals surface area contributed by atoms with Crippen LogP contribution in [-0.2, 0) is 12.8 Å². The smallest absolute Gasteiger partial charge is 0.336 e. The van der Waals surface area contributed by atoms with E-state index in [1.807, 2.05) is 31.2 Å². The Hall–Kier alpha value is -3.68. The number of urea groups is 1. The summed E-state index contributed by atoms with van der Waals surface area (Å²) in [6.45, 7) is 4.22. The van der Waals surface area contributed by atoms with Gasteiger partial charge in [-0.15, -0.1) is 0 Å². The summed E-state index contributed by atoms with van der Waals surface area (Å²) in [6, 6.07) is 22.2. The first-order valence-electron chi connectivity index (χ1n) is 12.9. The largest absolute Gasteiger partial charge is 0.478 e. The highest BCUT2D eigenvalue weighted by atomic mass is 16.4. The van der Waals surface area contributed by atoms with Crippen molar-refractivity contribution in [1.29, 1.82) is 0 Å². The molecule has 3 aromatic rings. The van der Waals surface area contributed by atoms with E-state index < -0.39 is 18.1 Å². The van der Waals surface area contributed by atoms with Crippen LogP contribution in [0.1, 0.15) is 52.9 Å². The van der Waals surface area contributed by atoms with Crippen LogP contribution in [0.25, 0.3) is 0 Å². The fourth-order valence-corrected chi connectivity index (χ4v) is 5.13. The maximum Gasteiger partial charge on any atom is 0.336 e. The minimum atomic E-state index is -1.03. The molecule has 194 valence electrons. The third kappa shape index (κ3) is 6.96. The second-order valence-corrected chi connectivity index (χ2v) is 9.61. The summed E-state index contributed by atoms with van der Waals surface area (Å²) in [5, 5.41) is 26.1. The van der Waals surface area contributed by atoms with Gasteiger partial charge in [0.05, 0.1) is 11.7 Å². The number of carboxylic acid groups (broad SMARTS) is 1. The van der Waals surface area contributed by atoms with E-state index in [0.717, 1.165) is 32.4 Å². The molecule has 2 amide bonds. The van der Waals surface area contributed by atoms with E-state index in [9.17, 15) is 19.8 Å². The van der Waals surface area contributed by atoms with E-state index in [2.05, 4.69) is 39.8 Å². The summed E-state index contributed by atoms with van der Waals surface area (Å²) in [6.07, 6.45) is 3.01. The molecule has 3 aromatic carbocycles. The summed E-state index contributed by atoms with van der Waals surface area (Å²) in [4.78, 5) is 26.6. The maximum atomic E-state index is 12.8. The van der Waals surface area contributed by atoms with Crippen molar-refractivity contribution in [2.24, 2.45) is 5.92 Å². The molecule has 1 heterocycles. The Balaban J connectivity index is 1.35. The van der Waals surface area contributed by atoms with Crippen molar-refractivity contribution in [3.05, 3.63) is 95.1 Å². The Morgan fingerprint density at radius 1 is 0.919 bits per heavy atom. The van der Waals surface area contributed by atoms with E-state index in [-0.39, 0.29) is 5.56 Å². The first-order chi connectivity index (χ1) is 17.9. The minimum absolute atomic E-state index is 0.170. The number of hydrogen-bond acceptors (Lipinski definition) is 4. The van der Waals surface area contributed by atoms with Gasteiger partial charge in [0.2, 0.25) is 0 Å². The van der Waals surface area contributed by atoms with Gasteiger partial charge in [-0.3, -0.25) is 0 Å². The lowest BCUT2D eigenvalue weighted by molar-refractivity contribution is 0.0695. The number of rotatable bonds is 9. The Morgan fingerprint density at radius 2 is 1.57 bits per heavy atom. The molecule has 1 saturated heterocycles. The number of carbonyl (C=O) groups excluding carboxylic acids is 1. The van der Waals surface area contributed by atoms with Gasteiger partial charge in [-0.25, -0.2) is 9.59 Å². The third-order valence-corrected chi connectivity index (χ3v) is 7.08. The highest BCUT2D eigenvalue weighted by Crippen LogP contribution is 2.28. The first-order valence-corrected chi connectivity index (χ1v) is 12.9. The average Bonchev–Trinajstić information content (AvgIpc) is 2.90. The van der Waals surface area contributed by atoms with Crippen LogP contribution in [0, 0.1) is 5.92 Å². The number of nitrogens with one attached hydrogen (secondary N) is 2. The molecule has 37 heavy (non-hydrogen) atoms. The van der Waals surface area contributed by atoms with Gasteiger partial charge in [0.25, 0.3) is 0 Å². The molecule has 1 aliphatic rings. The van der Waals surface area contributed by atoms with Crippen LogP contribution in [0.4, 0.5) is 16.2 Å². The molecule has 0 bridgehead atoms. The molecule has 0 aromatic heterocycles. The minimum Gasteiger partial charge on any atom is -0.478 e. The van der Waals surface area contributed by atoms with Gasteiger partial charge in [-0.2, -0.15) is 0 Å². The van der Waals surface area contributed by atoms with E-state index >= 15 is 0 Å². The standard InChI is InChI=1S/C30H35N3O4/c1-2-23-24(29(35)36)12-8-14-26(23)31-30(37)32-27-13-7-6-11-25(27)28(34)20-33-17-15-22(16-18-33)19-21-9-4-3-5-10-21/h3-14,22,28,34H,2,15-20H2,1H3,(H,35,36)(H2,31,32,37). The summed E-state index contributed by atoms with van der Waals surface area (Å²) >= 11 is 0. The number of para-hydroxylation sites is 1. The Kier molecular flexibility index (Phi) is 8.93. The van der Waals surface area contributed by atoms with Crippen molar-refractivity contribution in [2.75, 3.05) is 30.3 Å². The zero-order valence-corrected chi connectivity index (χ0v) is 21.2. The maximum absolute atomic E-state index is 12.8. The first kappa shape index (κ1) is 26.4. The second-order valence-electron chi connectivity index (χ2n) is 9.61. The van der Waals surface area contributed by atoms with Gasteiger partial charge < -0.3 is 25.7 Å². The number of β-amino-alcohol motifs (C(OH)–C–C–N with tert-alkyl or cyclic N) is 1. The molecule has 1 aliphatic heterocycles. The number of hydrogen-bond donors (Lipinski definition) is 4. The van der Waals surface area contributed by atoms with Crippen LogP contribution in [0.2, 0.25) is 0 Å². The number of nitrogens with zero attached hydrogens (tertiary/aromatic N) is 1. The Bertz CT molecular complexity index is 1210. The monoisotopic (exact) mass is 501 g/mol. The lowest BCUT2D eigenvalue weighted by Gasteiger charge is -2.33. The number of aromatic carboxylic acids is 1. The lowest BCUT2D eigenvalue weighted by atomic mass is 9.90. The van der Waals surface area contributed by atoms with Crippen LogP contribution < -0.4 is 10.6 Å². The summed E-state index contributed by atoms with van der Waals surface area (Å²) in [5.41, 5.74) is 3.74. The number of anilines is 2. The van der Waals surface area contributed by atoms with E-state index in [1.165, 1.54) is 11.6 Å². The number of aliphatic hydroxyl groups is 1. The van der Waals surface area contributed by atoms with Crippen molar-refractivity contribution in [3.63, 3.8) is 0 Å². The molecule has 0 spiro atoms. The molecule has 0 aliphatic carbocycles.